The average Bonchev–Trinajstić information content (AvgIpc) is 2.46. The number of rotatable bonds is 5. The van der Waals surface area contributed by atoms with Gasteiger partial charge in [-0.3, -0.25) is 10.1 Å². The molecule has 0 aliphatic carbocycles. The van der Waals surface area contributed by atoms with E-state index in [-0.39, 0.29) is 5.69 Å². The summed E-state index contributed by atoms with van der Waals surface area (Å²) in [5.41, 5.74) is 1.36. The minimum absolute atomic E-state index is 0.0413. The molecule has 0 spiro atoms. The minimum Gasteiger partial charge on any atom is -0.497 e. The Hall–Kier alpha value is -2.27. The van der Waals surface area contributed by atoms with Gasteiger partial charge in [0.05, 0.1) is 12.0 Å². The SMILES string of the molecule is COc1cccc(CNc2ccc(Cl)cc2[N+](=O)[O-])c1. The van der Waals surface area contributed by atoms with Crippen LogP contribution in [0, 0.1) is 10.1 Å². The van der Waals surface area contributed by atoms with Crippen LogP contribution in [0.2, 0.25) is 5.02 Å². The number of nitrogens with zero attached hydrogens (tertiary/aromatic N) is 1. The van der Waals surface area contributed by atoms with E-state index in [1.165, 1.54) is 6.07 Å². The van der Waals surface area contributed by atoms with Crippen LogP contribution in [0.25, 0.3) is 0 Å². The van der Waals surface area contributed by atoms with Gasteiger partial charge in [0.25, 0.3) is 5.69 Å². The number of hydrogen-bond donors (Lipinski definition) is 1. The molecule has 1 N–H and O–H groups in total. The molecule has 0 aromatic heterocycles. The van der Waals surface area contributed by atoms with Crippen LogP contribution in [0.4, 0.5) is 11.4 Å². The number of anilines is 1. The lowest BCUT2D eigenvalue weighted by Gasteiger charge is -2.08. The maximum absolute atomic E-state index is 11.0. The summed E-state index contributed by atoms with van der Waals surface area (Å²) >= 11 is 5.77. The van der Waals surface area contributed by atoms with Crippen LogP contribution < -0.4 is 10.1 Å². The highest BCUT2D eigenvalue weighted by atomic mass is 35.5. The van der Waals surface area contributed by atoms with Crippen molar-refractivity contribution in [3.05, 3.63) is 63.2 Å². The fourth-order valence-electron chi connectivity index (χ4n) is 1.79. The maximum Gasteiger partial charge on any atom is 0.293 e. The molecule has 0 bridgehead atoms. The van der Waals surface area contributed by atoms with Crippen LogP contribution >= 0.6 is 11.6 Å². The summed E-state index contributed by atoms with van der Waals surface area (Å²) in [4.78, 5) is 10.5. The van der Waals surface area contributed by atoms with Crippen molar-refractivity contribution >= 4 is 23.0 Å². The van der Waals surface area contributed by atoms with E-state index >= 15 is 0 Å². The number of halogens is 1. The van der Waals surface area contributed by atoms with Crippen LogP contribution in [0.5, 0.6) is 5.75 Å². The fourth-order valence-corrected chi connectivity index (χ4v) is 1.95. The number of ether oxygens (including phenoxy) is 1. The normalized spacial score (nSPS) is 10.1. The lowest BCUT2D eigenvalue weighted by Crippen LogP contribution is -2.02. The molecule has 0 unspecified atom stereocenters. The third-order valence-electron chi connectivity index (χ3n) is 2.77. The lowest BCUT2D eigenvalue weighted by molar-refractivity contribution is -0.383. The monoisotopic (exact) mass is 292 g/mol. The first kappa shape index (κ1) is 14.1. The van der Waals surface area contributed by atoms with E-state index in [1.54, 1.807) is 19.2 Å². The molecule has 0 aliphatic heterocycles. The molecular formula is C14H13ClN2O3. The Morgan fingerprint density at radius 1 is 1.30 bits per heavy atom. The van der Waals surface area contributed by atoms with Gasteiger partial charge in [0, 0.05) is 17.6 Å². The molecule has 104 valence electrons. The summed E-state index contributed by atoms with van der Waals surface area (Å²) in [6, 6.07) is 12.0. The predicted molar refractivity (Wildman–Crippen MR) is 78.4 cm³/mol. The first-order valence-corrected chi connectivity index (χ1v) is 6.28. The highest BCUT2D eigenvalue weighted by molar-refractivity contribution is 6.30. The summed E-state index contributed by atoms with van der Waals surface area (Å²) in [6.07, 6.45) is 0. The Kier molecular flexibility index (Phi) is 4.42. The summed E-state index contributed by atoms with van der Waals surface area (Å²) < 4.78 is 5.13. The molecule has 6 heteroatoms. The largest absolute Gasteiger partial charge is 0.497 e. The van der Waals surface area contributed by atoms with E-state index in [0.717, 1.165) is 11.3 Å². The number of hydrogen-bond acceptors (Lipinski definition) is 4. The van der Waals surface area contributed by atoms with Crippen LogP contribution in [-0.2, 0) is 6.54 Å². The Bertz CT molecular complexity index is 632. The molecule has 0 radical (unpaired) electrons. The van der Waals surface area contributed by atoms with Crippen LogP contribution in [-0.4, -0.2) is 12.0 Å². The Morgan fingerprint density at radius 2 is 2.10 bits per heavy atom. The smallest absolute Gasteiger partial charge is 0.293 e. The Labute approximate surface area is 121 Å². The second-order valence-corrected chi connectivity index (χ2v) is 4.56. The molecule has 0 saturated heterocycles. The van der Waals surface area contributed by atoms with E-state index in [2.05, 4.69) is 5.32 Å². The van der Waals surface area contributed by atoms with Gasteiger partial charge in [-0.25, -0.2) is 0 Å². The number of methoxy groups -OCH3 is 1. The van der Waals surface area contributed by atoms with E-state index in [1.807, 2.05) is 24.3 Å². The number of nitro groups is 1. The molecule has 5 nitrogen and oxygen atoms in total. The molecule has 0 fully saturated rings. The van der Waals surface area contributed by atoms with Gasteiger partial charge in [-0.15, -0.1) is 0 Å². The first-order valence-electron chi connectivity index (χ1n) is 5.91. The molecular weight excluding hydrogens is 280 g/mol. The van der Waals surface area contributed by atoms with E-state index < -0.39 is 4.92 Å². The van der Waals surface area contributed by atoms with Crippen molar-refractivity contribution in [1.29, 1.82) is 0 Å². The van der Waals surface area contributed by atoms with Crippen LogP contribution in [0.3, 0.4) is 0 Å². The lowest BCUT2D eigenvalue weighted by atomic mass is 10.2. The summed E-state index contributed by atoms with van der Waals surface area (Å²) in [6.45, 7) is 0.458. The van der Waals surface area contributed by atoms with Gasteiger partial charge >= 0.3 is 0 Å². The molecule has 2 aromatic rings. The third-order valence-corrected chi connectivity index (χ3v) is 3.01. The van der Waals surface area contributed by atoms with Crippen LogP contribution in [0.1, 0.15) is 5.56 Å². The van der Waals surface area contributed by atoms with Crippen molar-refractivity contribution in [2.45, 2.75) is 6.54 Å². The quantitative estimate of drug-likeness (QED) is 0.671. The highest BCUT2D eigenvalue weighted by Crippen LogP contribution is 2.28. The van der Waals surface area contributed by atoms with Gasteiger partial charge in [0.15, 0.2) is 0 Å². The number of benzene rings is 2. The molecule has 2 aromatic carbocycles. The molecule has 0 aliphatic rings. The zero-order valence-electron chi connectivity index (χ0n) is 10.8. The maximum atomic E-state index is 11.0. The predicted octanol–water partition coefficient (Wildman–Crippen LogP) is 3.87. The molecule has 0 amide bonds. The van der Waals surface area contributed by atoms with E-state index in [0.29, 0.717) is 17.3 Å². The van der Waals surface area contributed by atoms with Crippen molar-refractivity contribution in [2.24, 2.45) is 0 Å². The second kappa shape index (κ2) is 6.25. The standard InChI is InChI=1S/C14H13ClN2O3/c1-20-12-4-2-3-10(7-12)9-16-13-6-5-11(15)8-14(13)17(18)19/h2-8,16H,9H2,1H3. The van der Waals surface area contributed by atoms with Gasteiger partial charge in [-0.05, 0) is 29.8 Å². The third kappa shape index (κ3) is 3.39. The number of nitrogens with one attached hydrogen (secondary N) is 1. The van der Waals surface area contributed by atoms with Crippen molar-refractivity contribution < 1.29 is 9.66 Å². The zero-order valence-corrected chi connectivity index (χ0v) is 11.6. The fraction of sp³-hybridized carbons (Fsp3) is 0.143. The summed E-state index contributed by atoms with van der Waals surface area (Å²) in [5.74, 6) is 0.745. The summed E-state index contributed by atoms with van der Waals surface area (Å²) in [5, 5.41) is 14.3. The van der Waals surface area contributed by atoms with Crippen molar-refractivity contribution in [3.63, 3.8) is 0 Å². The van der Waals surface area contributed by atoms with Gasteiger partial charge in [-0.2, -0.15) is 0 Å². The van der Waals surface area contributed by atoms with Crippen LogP contribution in [0.15, 0.2) is 42.5 Å². The van der Waals surface area contributed by atoms with Crippen molar-refractivity contribution in [1.82, 2.24) is 0 Å². The summed E-state index contributed by atoms with van der Waals surface area (Å²) in [7, 11) is 1.59. The van der Waals surface area contributed by atoms with E-state index in [4.69, 9.17) is 16.3 Å². The average molecular weight is 293 g/mol. The second-order valence-electron chi connectivity index (χ2n) is 4.12. The zero-order chi connectivity index (χ0) is 14.5. The van der Waals surface area contributed by atoms with Gasteiger partial charge in [0.1, 0.15) is 11.4 Å². The Morgan fingerprint density at radius 3 is 2.80 bits per heavy atom. The topological polar surface area (TPSA) is 64.4 Å². The Balaban J connectivity index is 2.16. The van der Waals surface area contributed by atoms with Crippen molar-refractivity contribution in [2.75, 3.05) is 12.4 Å². The molecule has 20 heavy (non-hydrogen) atoms. The minimum atomic E-state index is -0.459. The van der Waals surface area contributed by atoms with E-state index in [9.17, 15) is 10.1 Å². The molecule has 0 atom stereocenters. The highest BCUT2D eigenvalue weighted by Gasteiger charge is 2.13. The van der Waals surface area contributed by atoms with Gasteiger partial charge in [-0.1, -0.05) is 23.7 Å². The molecule has 2 rings (SSSR count). The van der Waals surface area contributed by atoms with Gasteiger partial charge in [0.2, 0.25) is 0 Å². The number of nitro benzene ring substituents is 1. The first-order chi connectivity index (χ1) is 9.60. The molecule has 0 saturated carbocycles. The van der Waals surface area contributed by atoms with Crippen molar-refractivity contribution in [3.8, 4) is 5.75 Å². The molecule has 0 heterocycles. The van der Waals surface area contributed by atoms with Gasteiger partial charge < -0.3 is 10.1 Å².